The molecule has 2 N–H and O–H groups in total. The van der Waals surface area contributed by atoms with Crippen molar-refractivity contribution in [1.29, 1.82) is 0 Å². The van der Waals surface area contributed by atoms with E-state index in [-0.39, 0.29) is 11.3 Å². The Hall–Kier alpha value is -1.51. The van der Waals surface area contributed by atoms with Crippen LogP contribution in [0.25, 0.3) is 0 Å². The summed E-state index contributed by atoms with van der Waals surface area (Å²) in [6, 6.07) is 8.25. The number of amides is 1. The molecule has 1 rings (SSSR count). The molecule has 0 aliphatic heterocycles. The summed E-state index contributed by atoms with van der Waals surface area (Å²) in [5.74, 6) is 0.0387. The van der Waals surface area contributed by atoms with Gasteiger partial charge in [0.05, 0.1) is 6.54 Å². The van der Waals surface area contributed by atoms with Gasteiger partial charge in [-0.1, -0.05) is 39.8 Å². The summed E-state index contributed by atoms with van der Waals surface area (Å²) in [4.78, 5) is 11.4. The number of carbonyl (C=O) groups excluding carboxylic acids is 1. The number of nitrogens with one attached hydrogen (secondary N) is 2. The van der Waals surface area contributed by atoms with E-state index in [0.29, 0.717) is 6.54 Å². The molecule has 0 aliphatic rings. The normalized spacial score (nSPS) is 11.1. The molecule has 0 saturated heterocycles. The van der Waals surface area contributed by atoms with Crippen molar-refractivity contribution in [3.8, 4) is 0 Å². The Morgan fingerprint density at radius 2 is 1.78 bits per heavy atom. The number of hydrogen-bond acceptors (Lipinski definition) is 2. The average molecular weight is 248 g/mol. The summed E-state index contributed by atoms with van der Waals surface area (Å²) in [6.07, 6.45) is 0.964. The topological polar surface area (TPSA) is 41.1 Å². The number of rotatable bonds is 5. The maximum atomic E-state index is 11.4. The highest BCUT2D eigenvalue weighted by Gasteiger charge is 2.12. The predicted molar refractivity (Wildman–Crippen MR) is 76.9 cm³/mol. The van der Waals surface area contributed by atoms with Crippen molar-refractivity contribution in [3.63, 3.8) is 0 Å². The Balaban J connectivity index is 2.47. The summed E-state index contributed by atoms with van der Waals surface area (Å²) in [6.45, 7) is 9.67. The number of carbonyl (C=O) groups is 1. The maximum absolute atomic E-state index is 11.4. The van der Waals surface area contributed by atoms with E-state index in [0.717, 1.165) is 18.7 Å². The van der Waals surface area contributed by atoms with Gasteiger partial charge in [-0.15, -0.1) is 0 Å². The van der Waals surface area contributed by atoms with Gasteiger partial charge in [-0.05, 0) is 29.5 Å². The molecule has 0 bridgehead atoms. The van der Waals surface area contributed by atoms with Gasteiger partial charge >= 0.3 is 0 Å². The predicted octanol–water partition coefficient (Wildman–Crippen LogP) is 2.92. The van der Waals surface area contributed by atoms with Crippen LogP contribution in [0.15, 0.2) is 24.3 Å². The minimum atomic E-state index is 0.0387. The molecule has 100 valence electrons. The van der Waals surface area contributed by atoms with Crippen LogP contribution >= 0.6 is 0 Å². The van der Waals surface area contributed by atoms with Crippen molar-refractivity contribution in [1.82, 2.24) is 5.32 Å². The molecular weight excluding hydrogens is 224 g/mol. The van der Waals surface area contributed by atoms with E-state index in [1.165, 1.54) is 5.56 Å². The van der Waals surface area contributed by atoms with Gasteiger partial charge in [-0.25, -0.2) is 0 Å². The highest BCUT2D eigenvalue weighted by Crippen LogP contribution is 2.23. The number of anilines is 1. The van der Waals surface area contributed by atoms with Crippen LogP contribution in [0.1, 0.15) is 39.7 Å². The van der Waals surface area contributed by atoms with Crippen molar-refractivity contribution >= 4 is 11.6 Å². The smallest absolute Gasteiger partial charge is 0.239 e. The van der Waals surface area contributed by atoms with Crippen molar-refractivity contribution in [3.05, 3.63) is 29.8 Å². The molecular formula is C15H24N2O. The van der Waals surface area contributed by atoms with Gasteiger partial charge < -0.3 is 10.6 Å². The van der Waals surface area contributed by atoms with Gasteiger partial charge in [0.2, 0.25) is 5.91 Å². The fourth-order valence-electron chi connectivity index (χ4n) is 1.60. The molecule has 0 aromatic heterocycles. The SMILES string of the molecule is CCCNC(=O)CNc1ccc(C(C)(C)C)cc1. The van der Waals surface area contributed by atoms with Crippen LogP contribution < -0.4 is 10.6 Å². The lowest BCUT2D eigenvalue weighted by molar-refractivity contribution is -0.119. The highest BCUT2D eigenvalue weighted by atomic mass is 16.1. The van der Waals surface area contributed by atoms with Crippen LogP contribution in [0.5, 0.6) is 0 Å². The van der Waals surface area contributed by atoms with Crippen LogP contribution in [-0.4, -0.2) is 19.0 Å². The molecule has 0 radical (unpaired) electrons. The molecule has 0 aliphatic carbocycles. The number of benzene rings is 1. The average Bonchev–Trinajstić information content (AvgIpc) is 2.33. The Labute approximate surface area is 110 Å². The molecule has 0 fully saturated rings. The van der Waals surface area contributed by atoms with Crippen molar-refractivity contribution in [2.24, 2.45) is 0 Å². The lowest BCUT2D eigenvalue weighted by Gasteiger charge is -2.19. The molecule has 1 amide bonds. The van der Waals surface area contributed by atoms with Crippen LogP contribution in [-0.2, 0) is 10.2 Å². The minimum Gasteiger partial charge on any atom is -0.376 e. The van der Waals surface area contributed by atoms with Crippen LogP contribution in [0.3, 0.4) is 0 Å². The fraction of sp³-hybridized carbons (Fsp3) is 0.533. The quantitative estimate of drug-likeness (QED) is 0.841. The molecule has 0 saturated carbocycles. The summed E-state index contributed by atoms with van der Waals surface area (Å²) < 4.78 is 0. The Kier molecular flexibility index (Phi) is 5.20. The molecule has 18 heavy (non-hydrogen) atoms. The summed E-state index contributed by atoms with van der Waals surface area (Å²) in [7, 11) is 0. The molecule has 1 aromatic rings. The summed E-state index contributed by atoms with van der Waals surface area (Å²) >= 11 is 0. The van der Waals surface area contributed by atoms with Gasteiger partial charge in [0.25, 0.3) is 0 Å². The molecule has 0 unspecified atom stereocenters. The van der Waals surface area contributed by atoms with Crippen molar-refractivity contribution in [2.75, 3.05) is 18.4 Å². The molecule has 1 aromatic carbocycles. The molecule has 0 heterocycles. The summed E-state index contributed by atoms with van der Waals surface area (Å²) in [5.41, 5.74) is 2.44. The van der Waals surface area contributed by atoms with Crippen molar-refractivity contribution in [2.45, 2.75) is 39.5 Å². The van der Waals surface area contributed by atoms with E-state index in [2.05, 4.69) is 43.5 Å². The van der Waals surface area contributed by atoms with Gasteiger partial charge in [0.1, 0.15) is 0 Å². The van der Waals surface area contributed by atoms with Gasteiger partial charge in [0.15, 0.2) is 0 Å². The van der Waals surface area contributed by atoms with Crippen LogP contribution in [0.4, 0.5) is 5.69 Å². The van der Waals surface area contributed by atoms with E-state index in [4.69, 9.17) is 0 Å². The third-order valence-corrected chi connectivity index (χ3v) is 2.78. The fourth-order valence-corrected chi connectivity index (χ4v) is 1.60. The zero-order valence-corrected chi connectivity index (χ0v) is 11.8. The largest absolute Gasteiger partial charge is 0.376 e. The second-order valence-electron chi connectivity index (χ2n) is 5.53. The number of hydrogen-bond donors (Lipinski definition) is 2. The molecule has 0 spiro atoms. The Morgan fingerprint density at radius 3 is 2.28 bits per heavy atom. The second kappa shape index (κ2) is 6.43. The lowest BCUT2D eigenvalue weighted by Crippen LogP contribution is -2.30. The third-order valence-electron chi connectivity index (χ3n) is 2.78. The molecule has 3 nitrogen and oxygen atoms in total. The van der Waals surface area contributed by atoms with E-state index < -0.39 is 0 Å². The van der Waals surface area contributed by atoms with Crippen molar-refractivity contribution < 1.29 is 4.79 Å². The van der Waals surface area contributed by atoms with E-state index in [1.54, 1.807) is 0 Å². The maximum Gasteiger partial charge on any atom is 0.239 e. The Bertz CT molecular complexity index is 376. The highest BCUT2D eigenvalue weighted by molar-refractivity contribution is 5.80. The van der Waals surface area contributed by atoms with E-state index in [1.807, 2.05) is 19.1 Å². The van der Waals surface area contributed by atoms with Crippen LogP contribution in [0.2, 0.25) is 0 Å². The molecule has 0 atom stereocenters. The van der Waals surface area contributed by atoms with E-state index >= 15 is 0 Å². The first-order chi connectivity index (χ1) is 8.43. The van der Waals surface area contributed by atoms with Gasteiger partial charge in [-0.3, -0.25) is 4.79 Å². The zero-order valence-electron chi connectivity index (χ0n) is 11.8. The monoisotopic (exact) mass is 248 g/mol. The third kappa shape index (κ3) is 4.78. The second-order valence-corrected chi connectivity index (χ2v) is 5.53. The molecule has 3 heteroatoms. The first kappa shape index (κ1) is 14.6. The first-order valence-corrected chi connectivity index (χ1v) is 6.54. The van der Waals surface area contributed by atoms with E-state index in [9.17, 15) is 4.79 Å². The van der Waals surface area contributed by atoms with Gasteiger partial charge in [0, 0.05) is 12.2 Å². The Morgan fingerprint density at radius 1 is 1.17 bits per heavy atom. The summed E-state index contributed by atoms with van der Waals surface area (Å²) in [5, 5.41) is 5.96. The van der Waals surface area contributed by atoms with Gasteiger partial charge in [-0.2, -0.15) is 0 Å². The lowest BCUT2D eigenvalue weighted by atomic mass is 9.87. The minimum absolute atomic E-state index is 0.0387. The first-order valence-electron chi connectivity index (χ1n) is 6.54. The van der Waals surface area contributed by atoms with Crippen LogP contribution in [0, 0.1) is 0 Å². The zero-order chi connectivity index (χ0) is 13.6. The standard InChI is InChI=1S/C15H24N2O/c1-5-10-16-14(18)11-17-13-8-6-12(7-9-13)15(2,3)4/h6-9,17H,5,10-11H2,1-4H3,(H,16,18).